The Bertz CT molecular complexity index is 1730. The van der Waals surface area contributed by atoms with Crippen LogP contribution in [0.4, 0.5) is 0 Å². The van der Waals surface area contributed by atoms with Crippen molar-refractivity contribution in [2.75, 3.05) is 26.4 Å². The first-order chi connectivity index (χ1) is 23.0. The number of hydrogen-bond donors (Lipinski definition) is 0. The van der Waals surface area contributed by atoms with Gasteiger partial charge in [0.05, 0.1) is 60.4 Å². The topological polar surface area (TPSA) is 172 Å². The highest BCUT2D eigenvalue weighted by Crippen LogP contribution is 2.65. The van der Waals surface area contributed by atoms with Crippen molar-refractivity contribution >= 4 is 35.5 Å². The van der Waals surface area contributed by atoms with Gasteiger partial charge in [-0.05, 0) is 75.3 Å². The lowest BCUT2D eigenvalue weighted by molar-refractivity contribution is -0.145. The Morgan fingerprint density at radius 2 is 1.29 bits per heavy atom. The number of ether oxygens (including phenoxy) is 6. The van der Waals surface area contributed by atoms with Crippen LogP contribution in [-0.4, -0.2) is 79.1 Å². The van der Waals surface area contributed by atoms with Crippen molar-refractivity contribution in [2.24, 2.45) is 15.4 Å². The van der Waals surface area contributed by atoms with Crippen LogP contribution in [0.25, 0.3) is 0 Å². The molecule has 0 bridgehead atoms. The predicted molar refractivity (Wildman–Crippen MR) is 177 cm³/mol. The largest absolute Gasteiger partial charge is 0.483 e. The summed E-state index contributed by atoms with van der Waals surface area (Å²) in [6.07, 6.45) is -1.67. The smallest absolute Gasteiger partial charge is 0.344 e. The minimum Gasteiger partial charge on any atom is -0.483 e. The number of carbonyl (C=O) groups excluding carboxylic acids is 4. The van der Waals surface area contributed by atoms with Gasteiger partial charge in [0.2, 0.25) is 11.5 Å². The van der Waals surface area contributed by atoms with Crippen LogP contribution in [0.3, 0.4) is 0 Å². The molecule has 3 atom stereocenters. The van der Waals surface area contributed by atoms with Crippen LogP contribution in [0.2, 0.25) is 0 Å². The minimum atomic E-state index is -2.37. The molecule has 0 saturated heterocycles. The number of aliphatic imine (C=N–C) groups is 2. The van der Waals surface area contributed by atoms with E-state index in [9.17, 15) is 24.4 Å². The Labute approximate surface area is 285 Å². The Balaban J connectivity index is 2.37. The first-order valence-electron chi connectivity index (χ1n) is 16.2. The average molecular weight is 678 g/mol. The van der Waals surface area contributed by atoms with Gasteiger partial charge in [-0.3, -0.25) is 4.99 Å². The van der Waals surface area contributed by atoms with Gasteiger partial charge in [0.25, 0.3) is 0 Å². The number of benzene rings is 1. The third-order valence-corrected chi connectivity index (χ3v) is 7.66. The molecule has 1 aromatic rings. The van der Waals surface area contributed by atoms with E-state index in [1.165, 1.54) is 0 Å². The molecule has 3 aliphatic rings. The number of fused-ring (bicyclic) bond motifs is 4. The Morgan fingerprint density at radius 1 is 0.776 bits per heavy atom. The molecule has 49 heavy (non-hydrogen) atoms. The van der Waals surface area contributed by atoms with Crippen LogP contribution in [-0.2, 0) is 48.5 Å². The molecule has 0 aromatic heterocycles. The molecular weight excluding hydrogens is 634 g/mol. The summed E-state index contributed by atoms with van der Waals surface area (Å²) in [4.78, 5) is 65.9. The van der Waals surface area contributed by atoms with Gasteiger partial charge in [-0.2, -0.15) is 5.26 Å². The van der Waals surface area contributed by atoms with E-state index in [1.54, 1.807) is 93.5 Å². The van der Waals surface area contributed by atoms with E-state index in [2.05, 4.69) is 6.07 Å². The lowest BCUT2D eigenvalue weighted by Crippen LogP contribution is -2.62. The molecule has 2 aliphatic heterocycles. The molecule has 0 fully saturated rings. The second-order valence-electron chi connectivity index (χ2n) is 13.3. The minimum absolute atomic E-state index is 0.0712. The molecule has 0 saturated carbocycles. The summed E-state index contributed by atoms with van der Waals surface area (Å²) in [7, 11) is 0. The van der Waals surface area contributed by atoms with Gasteiger partial charge in [0.1, 0.15) is 16.9 Å². The molecule has 13 heteroatoms. The number of nitriles is 1. The molecule has 0 amide bonds. The molecule has 1 spiro atoms. The van der Waals surface area contributed by atoms with Gasteiger partial charge < -0.3 is 28.4 Å². The van der Waals surface area contributed by atoms with Gasteiger partial charge in [-0.25, -0.2) is 24.2 Å². The number of carbonyl (C=O) groups is 4. The van der Waals surface area contributed by atoms with Crippen molar-refractivity contribution in [3.63, 3.8) is 0 Å². The molecule has 1 aliphatic carbocycles. The van der Waals surface area contributed by atoms with E-state index < -0.39 is 57.6 Å². The van der Waals surface area contributed by atoms with Crippen LogP contribution < -0.4 is 4.74 Å². The zero-order chi connectivity index (χ0) is 36.5. The fraction of sp³-hybridized carbons (Fsp3) is 0.528. The summed E-state index contributed by atoms with van der Waals surface area (Å²) < 4.78 is 35.3. The van der Waals surface area contributed by atoms with E-state index in [-0.39, 0.29) is 66.1 Å². The number of esters is 4. The highest BCUT2D eigenvalue weighted by atomic mass is 16.6. The average Bonchev–Trinajstić information content (AvgIpc) is 3.47. The van der Waals surface area contributed by atoms with Crippen LogP contribution in [0, 0.1) is 16.7 Å². The molecule has 0 N–H and O–H groups in total. The van der Waals surface area contributed by atoms with Crippen molar-refractivity contribution in [3.05, 3.63) is 52.1 Å². The zero-order valence-corrected chi connectivity index (χ0v) is 29.6. The molecule has 0 radical (unpaired) electrons. The third kappa shape index (κ3) is 6.09. The summed E-state index contributed by atoms with van der Waals surface area (Å²) in [6.45, 7) is 16.4. The molecule has 262 valence electrons. The first kappa shape index (κ1) is 36.8. The summed E-state index contributed by atoms with van der Waals surface area (Å²) in [5.74, 6) is -4.16. The van der Waals surface area contributed by atoms with Gasteiger partial charge in [-0.15, -0.1) is 0 Å². The lowest BCUT2D eigenvalue weighted by atomic mass is 9.59. The summed E-state index contributed by atoms with van der Waals surface area (Å²) >= 11 is 0. The van der Waals surface area contributed by atoms with Crippen molar-refractivity contribution in [2.45, 2.75) is 92.0 Å². The fourth-order valence-electron chi connectivity index (χ4n) is 6.21. The van der Waals surface area contributed by atoms with E-state index in [0.717, 1.165) is 0 Å². The maximum Gasteiger partial charge on any atom is 0.344 e. The molecule has 2 heterocycles. The molecule has 1 aromatic carbocycles. The SMILES string of the molecule is CCOC(=O)C1=C(C(=O)OCC)[C@@H]2Oc3ccccc3[C@]3(OC(=NC(C)(C)C)C(C(=O)OCC)=C3C(=O)OCC)[C@]2(C#N)C1=NC(C)(C)C. The van der Waals surface area contributed by atoms with Crippen LogP contribution in [0.15, 0.2) is 56.5 Å². The first-order valence-corrected chi connectivity index (χ1v) is 16.2. The number of para-hydroxylation sites is 1. The standard InChI is InChI=1S/C36H43N3O10/c1-11-44-29(40)22-23(30(41)45-12-2)27-35(19-37,26(22)38-33(5,6)7)36(20-17-15-16-18-21(20)48-27)25(32(43)47-14-4)24(31(42)46-13-3)28(49-36)39-34(8,9)10/h15-18,27H,11-14H2,1-10H3/t27-,35+,36+/m0/s1. The highest BCUT2D eigenvalue weighted by Gasteiger charge is 2.78. The van der Waals surface area contributed by atoms with E-state index >= 15 is 0 Å². The quantitative estimate of drug-likeness (QED) is 0.281. The second kappa shape index (κ2) is 13.5. The Kier molecular flexibility index (Phi) is 10.1. The normalized spacial score (nSPS) is 24.6. The Morgan fingerprint density at radius 3 is 1.82 bits per heavy atom. The summed E-state index contributed by atoms with van der Waals surface area (Å²) in [5.41, 5.74) is -8.27. The van der Waals surface area contributed by atoms with Gasteiger partial charge in [0.15, 0.2) is 11.5 Å². The summed E-state index contributed by atoms with van der Waals surface area (Å²) in [5, 5.41) is 11.7. The third-order valence-electron chi connectivity index (χ3n) is 7.66. The van der Waals surface area contributed by atoms with Crippen LogP contribution >= 0.6 is 0 Å². The van der Waals surface area contributed by atoms with Gasteiger partial charge >= 0.3 is 23.9 Å². The Hall–Kier alpha value is -4.99. The maximum atomic E-state index is 14.4. The summed E-state index contributed by atoms with van der Waals surface area (Å²) in [6, 6.07) is 8.69. The molecule has 13 nitrogen and oxygen atoms in total. The highest BCUT2D eigenvalue weighted by molar-refractivity contribution is 6.32. The van der Waals surface area contributed by atoms with Crippen LogP contribution in [0.5, 0.6) is 5.75 Å². The van der Waals surface area contributed by atoms with Crippen LogP contribution in [0.1, 0.15) is 74.8 Å². The molecular formula is C36H43N3O10. The molecule has 4 rings (SSSR count). The maximum absolute atomic E-state index is 14.4. The van der Waals surface area contributed by atoms with E-state index in [0.29, 0.717) is 0 Å². The lowest BCUT2D eigenvalue weighted by Gasteiger charge is -2.49. The fourth-order valence-corrected chi connectivity index (χ4v) is 6.21. The van der Waals surface area contributed by atoms with Crippen molar-refractivity contribution in [3.8, 4) is 11.8 Å². The number of hydrogen-bond acceptors (Lipinski definition) is 13. The monoisotopic (exact) mass is 677 g/mol. The van der Waals surface area contributed by atoms with E-state index in [4.69, 9.17) is 38.4 Å². The van der Waals surface area contributed by atoms with Crippen molar-refractivity contribution < 1.29 is 47.6 Å². The number of rotatable bonds is 8. The van der Waals surface area contributed by atoms with Crippen molar-refractivity contribution in [1.82, 2.24) is 0 Å². The van der Waals surface area contributed by atoms with E-state index in [1.807, 2.05) is 0 Å². The van der Waals surface area contributed by atoms with Gasteiger partial charge in [-0.1, -0.05) is 18.2 Å². The molecule has 0 unspecified atom stereocenters. The van der Waals surface area contributed by atoms with Crippen molar-refractivity contribution in [1.29, 1.82) is 5.26 Å². The zero-order valence-electron chi connectivity index (χ0n) is 29.6. The predicted octanol–water partition coefficient (Wildman–Crippen LogP) is 4.48. The van der Waals surface area contributed by atoms with Gasteiger partial charge in [0, 0.05) is 5.56 Å². The second-order valence-corrected chi connectivity index (χ2v) is 13.3. The number of nitrogens with zero attached hydrogens (tertiary/aromatic N) is 3.